The molecule has 1 fully saturated rings. The van der Waals surface area contributed by atoms with Gasteiger partial charge in [0.25, 0.3) is 0 Å². The molecule has 1 aromatic carbocycles. The lowest BCUT2D eigenvalue weighted by molar-refractivity contribution is 0.267. The molecule has 1 aliphatic carbocycles. The Hall–Kier alpha value is -2.49. The molecule has 0 bridgehead atoms. The average molecular weight is 290 g/mol. The van der Waals surface area contributed by atoms with Crippen LogP contribution in [-0.4, -0.2) is 19.7 Å². The van der Waals surface area contributed by atoms with Crippen molar-refractivity contribution in [3.63, 3.8) is 0 Å². The minimum Gasteiger partial charge on any atom is -0.272 e. The average Bonchev–Trinajstić information content (AvgIpc) is 3.01. The van der Waals surface area contributed by atoms with Gasteiger partial charge in [0.1, 0.15) is 6.33 Å². The molecule has 4 heteroatoms. The minimum absolute atomic E-state index is 0.820. The second-order valence-electron chi connectivity index (χ2n) is 5.93. The van der Waals surface area contributed by atoms with Crippen molar-refractivity contribution in [3.05, 3.63) is 55.2 Å². The number of rotatable bonds is 4. The highest BCUT2D eigenvalue weighted by Gasteiger charge is 2.18. The van der Waals surface area contributed by atoms with Crippen molar-refractivity contribution in [3.8, 4) is 22.4 Å². The van der Waals surface area contributed by atoms with Crippen LogP contribution in [0, 0.1) is 5.92 Å². The van der Waals surface area contributed by atoms with E-state index in [0.717, 1.165) is 34.8 Å². The minimum atomic E-state index is 0.820. The Morgan fingerprint density at radius 2 is 1.82 bits per heavy atom. The summed E-state index contributed by atoms with van der Waals surface area (Å²) in [6, 6.07) is 10.5. The highest BCUT2D eigenvalue weighted by Crippen LogP contribution is 2.28. The maximum absolute atomic E-state index is 4.72. The van der Waals surface area contributed by atoms with Gasteiger partial charge in [0.2, 0.25) is 0 Å². The zero-order valence-corrected chi connectivity index (χ0v) is 12.4. The second kappa shape index (κ2) is 5.72. The van der Waals surface area contributed by atoms with Crippen LogP contribution in [0.1, 0.15) is 19.3 Å². The summed E-state index contributed by atoms with van der Waals surface area (Å²) >= 11 is 0. The maximum Gasteiger partial charge on any atom is 0.115 e. The maximum atomic E-state index is 4.72. The van der Waals surface area contributed by atoms with Gasteiger partial charge in [0.05, 0.1) is 5.69 Å². The van der Waals surface area contributed by atoms with E-state index >= 15 is 0 Å². The quantitative estimate of drug-likeness (QED) is 0.734. The Morgan fingerprint density at radius 3 is 2.59 bits per heavy atom. The van der Waals surface area contributed by atoms with Crippen LogP contribution in [0.5, 0.6) is 0 Å². The van der Waals surface area contributed by atoms with Crippen molar-refractivity contribution in [1.29, 1.82) is 0 Å². The zero-order chi connectivity index (χ0) is 14.8. The Morgan fingerprint density at radius 1 is 1.00 bits per heavy atom. The van der Waals surface area contributed by atoms with E-state index in [4.69, 9.17) is 5.10 Å². The fourth-order valence-corrected chi connectivity index (χ4v) is 2.86. The number of benzene rings is 1. The number of hydrogen-bond donors (Lipinski definition) is 0. The lowest BCUT2D eigenvalue weighted by Crippen LogP contribution is -2.18. The smallest absolute Gasteiger partial charge is 0.115 e. The predicted molar refractivity (Wildman–Crippen MR) is 86.0 cm³/mol. The lowest BCUT2D eigenvalue weighted by Gasteiger charge is -2.24. The molecule has 0 spiro atoms. The molecule has 4 nitrogen and oxygen atoms in total. The first-order chi connectivity index (χ1) is 10.9. The largest absolute Gasteiger partial charge is 0.272 e. The summed E-state index contributed by atoms with van der Waals surface area (Å²) in [6.07, 6.45) is 11.4. The van der Waals surface area contributed by atoms with Crippen LogP contribution in [0.3, 0.4) is 0 Å². The van der Waals surface area contributed by atoms with Gasteiger partial charge in [0, 0.05) is 36.3 Å². The highest BCUT2D eigenvalue weighted by atomic mass is 15.3. The van der Waals surface area contributed by atoms with Crippen molar-refractivity contribution in [2.45, 2.75) is 25.8 Å². The third-order valence-electron chi connectivity index (χ3n) is 4.36. The first-order valence-electron chi connectivity index (χ1n) is 7.78. The summed E-state index contributed by atoms with van der Waals surface area (Å²) in [7, 11) is 0. The molecule has 2 aromatic heterocycles. The van der Waals surface area contributed by atoms with Crippen LogP contribution in [0.15, 0.2) is 55.2 Å². The Balaban J connectivity index is 1.60. The van der Waals surface area contributed by atoms with Gasteiger partial charge in [-0.15, -0.1) is 0 Å². The normalized spacial score (nSPS) is 14.7. The fourth-order valence-electron chi connectivity index (χ4n) is 2.86. The lowest BCUT2D eigenvalue weighted by atomic mass is 9.85. The summed E-state index contributed by atoms with van der Waals surface area (Å²) in [6.45, 7) is 1.05. The molecule has 0 unspecified atom stereocenters. The molecule has 0 saturated heterocycles. The van der Waals surface area contributed by atoms with Crippen molar-refractivity contribution in [2.24, 2.45) is 5.92 Å². The molecule has 110 valence electrons. The predicted octanol–water partition coefficient (Wildman–Crippen LogP) is 3.81. The molecule has 0 N–H and O–H groups in total. The molecular formula is C18H18N4. The van der Waals surface area contributed by atoms with Crippen LogP contribution >= 0.6 is 0 Å². The molecule has 3 aromatic rings. The Bertz CT molecular complexity index is 760. The molecule has 22 heavy (non-hydrogen) atoms. The number of aromatic nitrogens is 4. The molecule has 1 saturated carbocycles. The van der Waals surface area contributed by atoms with Crippen molar-refractivity contribution in [2.75, 3.05) is 0 Å². The first-order valence-corrected chi connectivity index (χ1v) is 7.78. The van der Waals surface area contributed by atoms with Crippen LogP contribution in [0.4, 0.5) is 0 Å². The van der Waals surface area contributed by atoms with E-state index in [-0.39, 0.29) is 0 Å². The molecular weight excluding hydrogens is 272 g/mol. The first kappa shape index (κ1) is 13.2. The van der Waals surface area contributed by atoms with Crippen molar-refractivity contribution < 1.29 is 0 Å². The molecule has 1 aliphatic rings. The standard InChI is InChI=1S/C18H18N4/c1-3-14(4-1)12-22-8-7-18(21-22)16-6-2-5-15(9-16)17-10-19-13-20-11-17/h2,5-11,13-14H,1,3-4,12H2. The summed E-state index contributed by atoms with van der Waals surface area (Å²) in [5.74, 6) is 0.820. The van der Waals surface area contributed by atoms with Crippen LogP contribution < -0.4 is 0 Å². The molecule has 0 aliphatic heterocycles. The van der Waals surface area contributed by atoms with Gasteiger partial charge in [-0.1, -0.05) is 24.6 Å². The van der Waals surface area contributed by atoms with Gasteiger partial charge in [-0.25, -0.2) is 9.97 Å². The summed E-state index contributed by atoms with van der Waals surface area (Å²) in [5, 5.41) is 4.72. The molecule has 0 atom stereocenters. The van der Waals surface area contributed by atoms with E-state index in [2.05, 4.69) is 51.2 Å². The molecule has 0 radical (unpaired) electrons. The van der Waals surface area contributed by atoms with Gasteiger partial charge in [-0.2, -0.15) is 5.10 Å². The topological polar surface area (TPSA) is 43.6 Å². The van der Waals surface area contributed by atoms with Gasteiger partial charge in [0.15, 0.2) is 0 Å². The van der Waals surface area contributed by atoms with Crippen LogP contribution in [-0.2, 0) is 6.54 Å². The third-order valence-corrected chi connectivity index (χ3v) is 4.36. The van der Waals surface area contributed by atoms with E-state index in [1.165, 1.54) is 19.3 Å². The van der Waals surface area contributed by atoms with E-state index < -0.39 is 0 Å². The van der Waals surface area contributed by atoms with E-state index in [9.17, 15) is 0 Å². The van der Waals surface area contributed by atoms with Crippen molar-refractivity contribution in [1.82, 2.24) is 19.7 Å². The monoisotopic (exact) mass is 290 g/mol. The summed E-state index contributed by atoms with van der Waals surface area (Å²) in [4.78, 5) is 8.17. The third kappa shape index (κ3) is 2.64. The van der Waals surface area contributed by atoms with E-state index in [1.807, 2.05) is 12.4 Å². The van der Waals surface area contributed by atoms with E-state index in [0.29, 0.717) is 0 Å². The molecule has 0 amide bonds. The Kier molecular flexibility index (Phi) is 3.43. The second-order valence-corrected chi connectivity index (χ2v) is 5.93. The van der Waals surface area contributed by atoms with Crippen LogP contribution in [0.25, 0.3) is 22.4 Å². The van der Waals surface area contributed by atoms with E-state index in [1.54, 1.807) is 6.33 Å². The Labute approximate surface area is 129 Å². The molecule has 2 heterocycles. The van der Waals surface area contributed by atoms with Crippen LogP contribution in [0.2, 0.25) is 0 Å². The van der Waals surface area contributed by atoms with Gasteiger partial charge in [-0.05, 0) is 36.5 Å². The van der Waals surface area contributed by atoms with Gasteiger partial charge >= 0.3 is 0 Å². The number of hydrogen-bond acceptors (Lipinski definition) is 3. The SMILES string of the molecule is c1cc(-c2cncnc2)cc(-c2ccn(CC3CCC3)n2)c1. The zero-order valence-electron chi connectivity index (χ0n) is 12.4. The van der Waals surface area contributed by atoms with Crippen molar-refractivity contribution >= 4 is 0 Å². The van der Waals surface area contributed by atoms with Gasteiger partial charge in [-0.3, -0.25) is 4.68 Å². The van der Waals surface area contributed by atoms with Gasteiger partial charge < -0.3 is 0 Å². The molecule has 4 rings (SSSR count). The number of nitrogens with zero attached hydrogens (tertiary/aromatic N) is 4. The fraction of sp³-hybridized carbons (Fsp3) is 0.278. The highest BCUT2D eigenvalue weighted by molar-refractivity contribution is 5.70. The summed E-state index contributed by atoms with van der Waals surface area (Å²) < 4.78 is 2.08. The summed E-state index contributed by atoms with van der Waals surface area (Å²) in [5.41, 5.74) is 4.30.